The molecule has 0 aromatic heterocycles. The molecule has 1 rings (SSSR count). The van der Waals surface area contributed by atoms with Gasteiger partial charge in [0.25, 0.3) is 0 Å². The van der Waals surface area contributed by atoms with Crippen molar-refractivity contribution in [2.45, 2.75) is 94.6 Å². The largest absolute Gasteiger partial charge is 0.462 e. The Hall–Kier alpha value is -0.530. The minimum Gasteiger partial charge on any atom is -0.462 e. The number of carbonyl (C=O) groups is 1. The lowest BCUT2D eigenvalue weighted by Crippen LogP contribution is -2.42. The second-order valence-corrected chi connectivity index (χ2v) is 10.0. The van der Waals surface area contributed by atoms with E-state index in [1.54, 1.807) is 0 Å². The third kappa shape index (κ3) is 3.94. The Labute approximate surface area is 144 Å². The fourth-order valence-electron chi connectivity index (χ4n) is 4.31. The topological polar surface area (TPSA) is 26.3 Å². The quantitative estimate of drug-likeness (QED) is 0.553. The third-order valence-electron chi connectivity index (χ3n) is 7.18. The van der Waals surface area contributed by atoms with E-state index in [9.17, 15) is 4.79 Å². The van der Waals surface area contributed by atoms with Crippen molar-refractivity contribution in [3.63, 3.8) is 0 Å². The summed E-state index contributed by atoms with van der Waals surface area (Å²) < 4.78 is 6.05. The van der Waals surface area contributed by atoms with Gasteiger partial charge in [0.15, 0.2) is 0 Å². The van der Waals surface area contributed by atoms with Gasteiger partial charge in [-0.15, -0.1) is 0 Å². The van der Waals surface area contributed by atoms with Crippen LogP contribution in [0.3, 0.4) is 0 Å². The molecule has 3 unspecified atom stereocenters. The summed E-state index contributed by atoms with van der Waals surface area (Å²) in [7, 11) is 0. The molecule has 0 saturated heterocycles. The van der Waals surface area contributed by atoms with Crippen LogP contribution in [-0.2, 0) is 9.53 Å². The van der Waals surface area contributed by atoms with Crippen LogP contribution in [0.4, 0.5) is 0 Å². The first-order valence-electron chi connectivity index (χ1n) is 9.46. The lowest BCUT2D eigenvalue weighted by Gasteiger charge is -2.42. The maximum Gasteiger partial charge on any atom is 0.312 e. The number of rotatable bonds is 6. The molecule has 1 saturated carbocycles. The molecule has 2 heteroatoms. The van der Waals surface area contributed by atoms with Gasteiger partial charge in [-0.3, -0.25) is 4.79 Å². The average Bonchev–Trinajstić information content (AvgIpc) is 2.57. The van der Waals surface area contributed by atoms with Crippen molar-refractivity contribution in [3.05, 3.63) is 0 Å². The van der Waals surface area contributed by atoms with Crippen LogP contribution < -0.4 is 0 Å². The smallest absolute Gasteiger partial charge is 0.312 e. The van der Waals surface area contributed by atoms with Crippen molar-refractivity contribution >= 4 is 5.97 Å². The van der Waals surface area contributed by atoms with Gasteiger partial charge in [0.2, 0.25) is 0 Å². The second-order valence-electron chi connectivity index (χ2n) is 10.0. The van der Waals surface area contributed by atoms with Crippen LogP contribution >= 0.6 is 0 Å². The first-order chi connectivity index (χ1) is 10.3. The average molecular weight is 325 g/mol. The highest BCUT2D eigenvalue weighted by molar-refractivity contribution is 5.77. The summed E-state index contributed by atoms with van der Waals surface area (Å²) in [5.41, 5.74) is 0.108. The van der Waals surface area contributed by atoms with Gasteiger partial charge in [-0.05, 0) is 55.8 Å². The molecule has 0 spiro atoms. The van der Waals surface area contributed by atoms with E-state index < -0.39 is 0 Å². The fraction of sp³-hybridized carbons (Fsp3) is 0.952. The molecule has 0 amide bonds. The van der Waals surface area contributed by atoms with E-state index in [4.69, 9.17) is 4.74 Å². The molecule has 1 aliphatic rings. The predicted molar refractivity (Wildman–Crippen MR) is 98.2 cm³/mol. The Balaban J connectivity index is 2.88. The zero-order chi connectivity index (χ0) is 18.2. The zero-order valence-corrected chi connectivity index (χ0v) is 17.2. The van der Waals surface area contributed by atoms with E-state index in [1.807, 2.05) is 0 Å². The molecular weight excluding hydrogens is 284 g/mol. The summed E-state index contributed by atoms with van der Waals surface area (Å²) in [5, 5.41) is 0. The van der Waals surface area contributed by atoms with Crippen molar-refractivity contribution in [3.8, 4) is 0 Å². The molecule has 0 aromatic carbocycles. The number of carbonyl (C=O) groups excluding carboxylic acids is 1. The molecule has 0 N–H and O–H groups in total. The second kappa shape index (κ2) is 6.76. The van der Waals surface area contributed by atoms with Crippen molar-refractivity contribution in [1.82, 2.24) is 0 Å². The van der Waals surface area contributed by atoms with Crippen molar-refractivity contribution in [2.75, 3.05) is 0 Å². The Bertz CT molecular complexity index is 420. The van der Waals surface area contributed by atoms with Crippen LogP contribution in [0.15, 0.2) is 0 Å². The van der Waals surface area contributed by atoms with Crippen LogP contribution in [-0.4, -0.2) is 12.1 Å². The van der Waals surface area contributed by atoms with Crippen molar-refractivity contribution in [2.24, 2.45) is 34.0 Å². The maximum absolute atomic E-state index is 13.0. The van der Waals surface area contributed by atoms with E-state index >= 15 is 0 Å². The molecule has 0 radical (unpaired) electrons. The lowest BCUT2D eigenvalue weighted by atomic mass is 9.66. The van der Waals surface area contributed by atoms with Gasteiger partial charge in [-0.1, -0.05) is 55.4 Å². The number of ether oxygens (including phenoxy) is 1. The van der Waals surface area contributed by atoms with E-state index in [-0.39, 0.29) is 28.8 Å². The normalized spacial score (nSPS) is 27.0. The minimum atomic E-state index is -0.388. The molecule has 1 aliphatic carbocycles. The monoisotopic (exact) mass is 324 g/mol. The Kier molecular flexibility index (Phi) is 6.03. The molecule has 0 heterocycles. The van der Waals surface area contributed by atoms with E-state index in [2.05, 4.69) is 69.2 Å². The summed E-state index contributed by atoms with van der Waals surface area (Å²) in [6, 6.07) is 0. The number of hydrogen-bond donors (Lipinski definition) is 0. The third-order valence-corrected chi connectivity index (χ3v) is 7.18. The highest BCUT2D eigenvalue weighted by Crippen LogP contribution is 2.57. The summed E-state index contributed by atoms with van der Waals surface area (Å²) in [4.78, 5) is 13.0. The van der Waals surface area contributed by atoms with Crippen molar-refractivity contribution in [1.29, 1.82) is 0 Å². The summed E-state index contributed by atoms with van der Waals surface area (Å²) in [6.07, 6.45) is 3.23. The molecule has 0 aliphatic heterocycles. The van der Waals surface area contributed by atoms with Crippen LogP contribution in [0.2, 0.25) is 0 Å². The molecule has 23 heavy (non-hydrogen) atoms. The highest BCUT2D eigenvalue weighted by atomic mass is 16.5. The minimum absolute atomic E-state index is 0.00536. The van der Waals surface area contributed by atoms with Gasteiger partial charge >= 0.3 is 5.97 Å². The fourth-order valence-corrected chi connectivity index (χ4v) is 4.31. The standard InChI is InChI=1S/C21H40O2/c1-14(2)13-21(10,15(3)4)18(22)23-16(5)17-11-12-19(6,7)20(17,8)9/h14-17H,11-13H2,1-10H3. The van der Waals surface area contributed by atoms with E-state index in [1.165, 1.54) is 6.42 Å². The maximum atomic E-state index is 13.0. The molecule has 2 nitrogen and oxygen atoms in total. The first-order valence-corrected chi connectivity index (χ1v) is 9.46. The lowest BCUT2D eigenvalue weighted by molar-refractivity contribution is -0.169. The van der Waals surface area contributed by atoms with Crippen LogP contribution in [0.5, 0.6) is 0 Å². The van der Waals surface area contributed by atoms with E-state index in [0.717, 1.165) is 12.8 Å². The van der Waals surface area contributed by atoms with Gasteiger partial charge < -0.3 is 4.74 Å². The van der Waals surface area contributed by atoms with Crippen LogP contribution in [0.1, 0.15) is 88.5 Å². The molecule has 136 valence electrons. The Morgan fingerprint density at radius 3 is 2.00 bits per heavy atom. The van der Waals surface area contributed by atoms with Crippen molar-refractivity contribution < 1.29 is 9.53 Å². The SMILES string of the molecule is CC(C)CC(C)(C(=O)OC(C)C1CCC(C)(C)C1(C)C)C(C)C. The predicted octanol–water partition coefficient (Wildman–Crippen LogP) is 6.09. The van der Waals surface area contributed by atoms with Crippen LogP contribution in [0.25, 0.3) is 0 Å². The van der Waals surface area contributed by atoms with Gasteiger partial charge in [0.1, 0.15) is 6.10 Å². The Morgan fingerprint density at radius 2 is 1.65 bits per heavy atom. The number of hydrogen-bond acceptors (Lipinski definition) is 2. The molecule has 0 bridgehead atoms. The Morgan fingerprint density at radius 1 is 1.13 bits per heavy atom. The summed E-state index contributed by atoms with van der Waals surface area (Å²) >= 11 is 0. The van der Waals surface area contributed by atoms with Gasteiger partial charge in [0.05, 0.1) is 5.41 Å². The van der Waals surface area contributed by atoms with Crippen LogP contribution in [0, 0.1) is 34.0 Å². The van der Waals surface area contributed by atoms with Gasteiger partial charge in [0, 0.05) is 5.92 Å². The molecule has 3 atom stereocenters. The summed E-state index contributed by atoms with van der Waals surface area (Å²) in [5.74, 6) is 1.22. The molecule has 0 aromatic rings. The first kappa shape index (κ1) is 20.5. The molecular formula is C21H40O2. The molecule has 1 fully saturated rings. The number of esters is 1. The highest BCUT2D eigenvalue weighted by Gasteiger charge is 2.51. The summed E-state index contributed by atoms with van der Waals surface area (Å²) in [6.45, 7) is 22.2. The van der Waals surface area contributed by atoms with E-state index in [0.29, 0.717) is 17.3 Å². The van der Waals surface area contributed by atoms with Gasteiger partial charge in [-0.25, -0.2) is 0 Å². The zero-order valence-electron chi connectivity index (χ0n) is 17.2. The van der Waals surface area contributed by atoms with Gasteiger partial charge in [-0.2, -0.15) is 0 Å².